The lowest BCUT2D eigenvalue weighted by molar-refractivity contribution is -0.113. The average molecular weight is 188 g/mol. The third-order valence-electron chi connectivity index (χ3n) is 1.95. The Balaban J connectivity index is 2.58. The summed E-state index contributed by atoms with van der Waals surface area (Å²) in [5.74, 6) is 0.0613. The predicted molar refractivity (Wildman–Crippen MR) is 53.1 cm³/mol. The Morgan fingerprint density at radius 1 is 1.64 bits per heavy atom. The fourth-order valence-corrected chi connectivity index (χ4v) is 2.64. The highest BCUT2D eigenvalue weighted by atomic mass is 32.2. The highest BCUT2D eigenvalue weighted by molar-refractivity contribution is 8.14. The van der Waals surface area contributed by atoms with Crippen molar-refractivity contribution < 1.29 is 4.79 Å². The van der Waals surface area contributed by atoms with Gasteiger partial charge in [0.2, 0.25) is 0 Å². The Morgan fingerprint density at radius 2 is 2.27 bits per heavy atom. The second-order valence-electron chi connectivity index (χ2n) is 2.99. The summed E-state index contributed by atoms with van der Waals surface area (Å²) in [7, 11) is 0. The lowest BCUT2D eigenvalue weighted by Crippen LogP contribution is -2.25. The van der Waals surface area contributed by atoms with Crippen LogP contribution in [-0.4, -0.2) is 15.2 Å². The summed E-state index contributed by atoms with van der Waals surface area (Å²) in [5, 5.41) is 0.768. The van der Waals surface area contributed by atoms with Gasteiger partial charge in [-0.25, -0.2) is 0 Å². The molecule has 0 aromatic rings. The number of carbonyl (C=O) groups is 1. The van der Waals surface area contributed by atoms with Gasteiger partial charge in [0.1, 0.15) is 0 Å². The molecule has 1 aliphatic heterocycles. The Morgan fingerprint density at radius 3 is 2.73 bits per heavy atom. The first-order valence-corrected chi connectivity index (χ1v) is 5.11. The van der Waals surface area contributed by atoms with E-state index in [1.807, 2.05) is 6.92 Å². The number of thiocarbonyl (C=S) groups is 1. The second kappa shape index (κ2) is 3.68. The summed E-state index contributed by atoms with van der Waals surface area (Å²) in [6, 6.07) is 0. The molecule has 0 bridgehead atoms. The van der Waals surface area contributed by atoms with Crippen molar-refractivity contribution >= 4 is 34.0 Å². The predicted octanol–water partition coefficient (Wildman–Crippen LogP) is 2.43. The quantitative estimate of drug-likeness (QED) is 0.588. The fraction of sp³-hybridized carbons (Fsp3) is 0.750. The fourth-order valence-electron chi connectivity index (χ4n) is 1.23. The van der Waals surface area contributed by atoms with Crippen LogP contribution in [0.5, 0.6) is 0 Å². The van der Waals surface area contributed by atoms with Crippen LogP contribution in [0.2, 0.25) is 0 Å². The molecule has 2 atom stereocenters. The van der Waals surface area contributed by atoms with Crippen LogP contribution < -0.4 is 0 Å². The summed E-state index contributed by atoms with van der Waals surface area (Å²) in [6.45, 7) is 3.96. The molecule has 1 heterocycles. The summed E-state index contributed by atoms with van der Waals surface area (Å²) in [6.07, 6.45) is 2.08. The van der Waals surface area contributed by atoms with Gasteiger partial charge in [-0.15, -0.1) is 0 Å². The molecular formula is C8H12OS2. The van der Waals surface area contributed by atoms with Crippen LogP contribution in [0.25, 0.3) is 0 Å². The van der Waals surface area contributed by atoms with Gasteiger partial charge < -0.3 is 0 Å². The lowest BCUT2D eigenvalue weighted by atomic mass is 10.00. The normalized spacial score (nSPS) is 32.0. The van der Waals surface area contributed by atoms with E-state index in [9.17, 15) is 4.79 Å². The molecule has 3 heteroatoms. The zero-order valence-corrected chi connectivity index (χ0v) is 8.43. The van der Waals surface area contributed by atoms with Crippen molar-refractivity contribution in [2.75, 3.05) is 0 Å². The standard InChI is InChI=1S/C8H12OS2/c1-5-3-4-7(6(2)10)8(9)11-5/h5,7H,3-4H2,1-2H3. The molecule has 0 aromatic heterocycles. The molecule has 2 unspecified atom stereocenters. The Hall–Kier alpha value is 0.110. The van der Waals surface area contributed by atoms with Gasteiger partial charge in [-0.3, -0.25) is 4.79 Å². The molecule has 1 saturated heterocycles. The third kappa shape index (κ3) is 2.27. The molecule has 62 valence electrons. The number of hydrogen-bond acceptors (Lipinski definition) is 3. The van der Waals surface area contributed by atoms with Gasteiger partial charge in [-0.1, -0.05) is 30.9 Å². The molecule has 0 aromatic carbocycles. The van der Waals surface area contributed by atoms with E-state index in [0.717, 1.165) is 17.7 Å². The van der Waals surface area contributed by atoms with E-state index in [-0.39, 0.29) is 11.0 Å². The molecule has 1 rings (SSSR count). The Kier molecular flexibility index (Phi) is 3.07. The first-order valence-electron chi connectivity index (χ1n) is 3.82. The van der Waals surface area contributed by atoms with Crippen molar-refractivity contribution in [2.45, 2.75) is 31.9 Å². The maximum absolute atomic E-state index is 11.3. The lowest BCUT2D eigenvalue weighted by Gasteiger charge is -2.23. The minimum absolute atomic E-state index is 0.0613. The number of rotatable bonds is 1. The van der Waals surface area contributed by atoms with Gasteiger partial charge in [0.15, 0.2) is 5.12 Å². The molecular weight excluding hydrogens is 176 g/mol. The molecule has 11 heavy (non-hydrogen) atoms. The van der Waals surface area contributed by atoms with Gasteiger partial charge in [-0.05, 0) is 19.8 Å². The van der Waals surface area contributed by atoms with Crippen molar-refractivity contribution in [3.05, 3.63) is 0 Å². The molecule has 0 N–H and O–H groups in total. The molecule has 0 amide bonds. The van der Waals surface area contributed by atoms with Crippen LogP contribution in [0.15, 0.2) is 0 Å². The monoisotopic (exact) mass is 188 g/mol. The van der Waals surface area contributed by atoms with Crippen LogP contribution in [0.1, 0.15) is 26.7 Å². The van der Waals surface area contributed by atoms with Gasteiger partial charge in [-0.2, -0.15) is 0 Å². The van der Waals surface area contributed by atoms with Crippen molar-refractivity contribution in [3.63, 3.8) is 0 Å². The Labute approximate surface area is 76.9 Å². The maximum atomic E-state index is 11.3. The summed E-state index contributed by atoms with van der Waals surface area (Å²) >= 11 is 6.45. The van der Waals surface area contributed by atoms with Crippen LogP contribution in [0.4, 0.5) is 0 Å². The van der Waals surface area contributed by atoms with E-state index in [2.05, 4.69) is 6.92 Å². The van der Waals surface area contributed by atoms with Crippen molar-refractivity contribution in [1.29, 1.82) is 0 Å². The zero-order chi connectivity index (χ0) is 8.43. The molecule has 1 fully saturated rings. The first kappa shape index (κ1) is 9.20. The molecule has 0 radical (unpaired) electrons. The van der Waals surface area contributed by atoms with E-state index in [4.69, 9.17) is 12.2 Å². The summed E-state index contributed by atoms with van der Waals surface area (Å²) < 4.78 is 0. The molecule has 0 aliphatic carbocycles. The van der Waals surface area contributed by atoms with E-state index in [1.54, 1.807) is 0 Å². The van der Waals surface area contributed by atoms with Gasteiger partial charge in [0.25, 0.3) is 0 Å². The van der Waals surface area contributed by atoms with Crippen LogP contribution in [0, 0.1) is 5.92 Å². The maximum Gasteiger partial charge on any atom is 0.197 e. The average Bonchev–Trinajstić information content (AvgIpc) is 1.85. The highest BCUT2D eigenvalue weighted by Crippen LogP contribution is 2.31. The summed E-state index contributed by atoms with van der Waals surface area (Å²) in [4.78, 5) is 12.2. The topological polar surface area (TPSA) is 17.1 Å². The smallest absolute Gasteiger partial charge is 0.197 e. The van der Waals surface area contributed by atoms with Gasteiger partial charge >= 0.3 is 0 Å². The van der Waals surface area contributed by atoms with Crippen molar-refractivity contribution in [1.82, 2.24) is 0 Å². The Bertz CT molecular complexity index is 189. The number of thioether (sulfide) groups is 1. The molecule has 0 spiro atoms. The molecule has 1 aliphatic rings. The van der Waals surface area contributed by atoms with Gasteiger partial charge in [0.05, 0.1) is 5.92 Å². The molecule has 0 saturated carbocycles. The largest absolute Gasteiger partial charge is 0.286 e. The number of hydrogen-bond donors (Lipinski definition) is 0. The first-order chi connectivity index (χ1) is 5.11. The van der Waals surface area contributed by atoms with E-state index < -0.39 is 0 Å². The van der Waals surface area contributed by atoms with Crippen LogP contribution in [0.3, 0.4) is 0 Å². The van der Waals surface area contributed by atoms with Crippen LogP contribution >= 0.6 is 24.0 Å². The van der Waals surface area contributed by atoms with Crippen molar-refractivity contribution in [3.8, 4) is 0 Å². The minimum atomic E-state index is 0.0613. The zero-order valence-electron chi connectivity index (χ0n) is 6.79. The number of carbonyl (C=O) groups excluding carboxylic acids is 1. The van der Waals surface area contributed by atoms with Crippen molar-refractivity contribution in [2.24, 2.45) is 5.92 Å². The third-order valence-corrected chi connectivity index (χ3v) is 3.39. The van der Waals surface area contributed by atoms with Crippen LogP contribution in [-0.2, 0) is 4.79 Å². The van der Waals surface area contributed by atoms with E-state index in [0.29, 0.717) is 5.25 Å². The van der Waals surface area contributed by atoms with E-state index in [1.165, 1.54) is 11.8 Å². The highest BCUT2D eigenvalue weighted by Gasteiger charge is 2.27. The van der Waals surface area contributed by atoms with Gasteiger partial charge in [0, 0.05) is 10.1 Å². The molecule has 1 nitrogen and oxygen atoms in total. The second-order valence-corrected chi connectivity index (χ2v) is 5.07. The van der Waals surface area contributed by atoms with E-state index >= 15 is 0 Å². The summed E-state index contributed by atoms with van der Waals surface area (Å²) in [5.41, 5.74) is 0. The minimum Gasteiger partial charge on any atom is -0.286 e. The SMILES string of the molecule is CC(=S)C1CCC(C)SC1=O.